The van der Waals surface area contributed by atoms with Crippen molar-refractivity contribution in [1.29, 1.82) is 0 Å². The number of imide groups is 1. The SMILES string of the molecule is CCOC(=O)N1CCC(NC(=O)CN2C(=O)c3cccc(F)c3C2=O)CC1. The Morgan fingerprint density at radius 3 is 2.56 bits per heavy atom. The van der Waals surface area contributed by atoms with Crippen molar-refractivity contribution < 1.29 is 28.3 Å². The van der Waals surface area contributed by atoms with Crippen LogP contribution in [0.2, 0.25) is 0 Å². The fourth-order valence-corrected chi connectivity index (χ4v) is 3.27. The molecule has 0 aliphatic carbocycles. The van der Waals surface area contributed by atoms with Crippen LogP contribution in [0, 0.1) is 5.82 Å². The molecule has 0 unspecified atom stereocenters. The summed E-state index contributed by atoms with van der Waals surface area (Å²) in [5.74, 6) is -2.76. The number of benzene rings is 1. The molecule has 4 amide bonds. The van der Waals surface area contributed by atoms with Crippen molar-refractivity contribution >= 4 is 23.8 Å². The molecule has 1 N–H and O–H groups in total. The molecule has 1 aromatic rings. The number of hydrogen-bond donors (Lipinski definition) is 1. The highest BCUT2D eigenvalue weighted by Crippen LogP contribution is 2.25. The standard InChI is InChI=1S/C18H20FN3O5/c1-2-27-18(26)21-8-6-11(7-9-21)20-14(23)10-22-16(24)12-4-3-5-13(19)15(12)17(22)25/h3-5,11H,2,6-10H2,1H3,(H,20,23). The summed E-state index contributed by atoms with van der Waals surface area (Å²) < 4.78 is 18.7. The quantitative estimate of drug-likeness (QED) is 0.795. The monoisotopic (exact) mass is 377 g/mol. The summed E-state index contributed by atoms with van der Waals surface area (Å²) in [6.45, 7) is 2.46. The average molecular weight is 377 g/mol. The number of ether oxygens (including phenoxy) is 1. The molecule has 2 heterocycles. The molecular weight excluding hydrogens is 357 g/mol. The molecule has 27 heavy (non-hydrogen) atoms. The van der Waals surface area contributed by atoms with Gasteiger partial charge in [-0.15, -0.1) is 0 Å². The van der Waals surface area contributed by atoms with Gasteiger partial charge in [-0.1, -0.05) is 6.07 Å². The zero-order chi connectivity index (χ0) is 19.6. The summed E-state index contributed by atoms with van der Waals surface area (Å²) in [7, 11) is 0. The van der Waals surface area contributed by atoms with Gasteiger partial charge in [0, 0.05) is 19.1 Å². The van der Waals surface area contributed by atoms with E-state index in [1.807, 2.05) is 0 Å². The average Bonchev–Trinajstić information content (AvgIpc) is 2.88. The number of rotatable bonds is 4. The molecule has 8 nitrogen and oxygen atoms in total. The molecule has 1 saturated heterocycles. The maximum absolute atomic E-state index is 13.8. The van der Waals surface area contributed by atoms with Gasteiger partial charge in [-0.25, -0.2) is 9.18 Å². The Kier molecular flexibility index (Phi) is 5.38. The van der Waals surface area contributed by atoms with Crippen molar-refractivity contribution in [3.63, 3.8) is 0 Å². The molecular formula is C18H20FN3O5. The summed E-state index contributed by atoms with van der Waals surface area (Å²) in [6.07, 6.45) is 0.707. The van der Waals surface area contributed by atoms with E-state index in [4.69, 9.17) is 4.74 Å². The van der Waals surface area contributed by atoms with Crippen LogP contribution in [0.25, 0.3) is 0 Å². The van der Waals surface area contributed by atoms with Crippen LogP contribution in [0.1, 0.15) is 40.5 Å². The Hall–Kier alpha value is -2.97. The second-order valence-electron chi connectivity index (χ2n) is 6.39. The highest BCUT2D eigenvalue weighted by atomic mass is 19.1. The Labute approximate surface area is 155 Å². The molecule has 0 spiro atoms. The van der Waals surface area contributed by atoms with Gasteiger partial charge in [0.1, 0.15) is 12.4 Å². The number of carbonyl (C=O) groups is 4. The highest BCUT2D eigenvalue weighted by Gasteiger charge is 2.39. The smallest absolute Gasteiger partial charge is 0.409 e. The number of hydrogen-bond acceptors (Lipinski definition) is 5. The third-order valence-corrected chi connectivity index (χ3v) is 4.64. The minimum Gasteiger partial charge on any atom is -0.450 e. The molecule has 1 fully saturated rings. The molecule has 9 heteroatoms. The molecule has 0 radical (unpaired) electrons. The lowest BCUT2D eigenvalue weighted by molar-refractivity contribution is -0.122. The summed E-state index contributed by atoms with van der Waals surface area (Å²) in [4.78, 5) is 50.8. The van der Waals surface area contributed by atoms with Crippen molar-refractivity contribution in [2.24, 2.45) is 0 Å². The summed E-state index contributed by atoms with van der Waals surface area (Å²) in [6, 6.07) is 3.64. The van der Waals surface area contributed by atoms with Gasteiger partial charge in [0.15, 0.2) is 0 Å². The maximum atomic E-state index is 13.8. The minimum absolute atomic E-state index is 0.0319. The Morgan fingerprint density at radius 1 is 1.22 bits per heavy atom. The predicted octanol–water partition coefficient (Wildman–Crippen LogP) is 1.16. The number of likely N-dealkylation sites (tertiary alicyclic amines) is 1. The highest BCUT2D eigenvalue weighted by molar-refractivity contribution is 6.22. The number of halogens is 1. The zero-order valence-corrected chi connectivity index (χ0v) is 14.9. The lowest BCUT2D eigenvalue weighted by Gasteiger charge is -2.31. The molecule has 144 valence electrons. The first-order valence-corrected chi connectivity index (χ1v) is 8.78. The third-order valence-electron chi connectivity index (χ3n) is 4.64. The van der Waals surface area contributed by atoms with Crippen molar-refractivity contribution in [2.45, 2.75) is 25.8 Å². The molecule has 0 aromatic heterocycles. The fourth-order valence-electron chi connectivity index (χ4n) is 3.27. The van der Waals surface area contributed by atoms with Crippen LogP contribution in [0.15, 0.2) is 18.2 Å². The van der Waals surface area contributed by atoms with E-state index in [1.165, 1.54) is 12.1 Å². The molecule has 0 bridgehead atoms. The zero-order valence-electron chi connectivity index (χ0n) is 14.9. The molecule has 1 aromatic carbocycles. The van der Waals surface area contributed by atoms with Gasteiger partial charge in [-0.3, -0.25) is 19.3 Å². The largest absolute Gasteiger partial charge is 0.450 e. The lowest BCUT2D eigenvalue weighted by Crippen LogP contribution is -2.49. The van der Waals surface area contributed by atoms with Gasteiger partial charge in [-0.2, -0.15) is 0 Å². The fraction of sp³-hybridized carbons (Fsp3) is 0.444. The molecule has 3 rings (SSSR count). The van der Waals surface area contributed by atoms with E-state index < -0.39 is 30.1 Å². The van der Waals surface area contributed by atoms with E-state index in [2.05, 4.69) is 5.32 Å². The van der Waals surface area contributed by atoms with E-state index in [-0.39, 0.29) is 23.3 Å². The second kappa shape index (κ2) is 7.73. The first-order valence-electron chi connectivity index (χ1n) is 8.78. The van der Waals surface area contributed by atoms with Gasteiger partial charge >= 0.3 is 6.09 Å². The summed E-state index contributed by atoms with van der Waals surface area (Å²) >= 11 is 0. The molecule has 0 saturated carbocycles. The van der Waals surface area contributed by atoms with Crippen LogP contribution in [0.3, 0.4) is 0 Å². The van der Waals surface area contributed by atoms with Crippen molar-refractivity contribution in [3.05, 3.63) is 35.1 Å². The van der Waals surface area contributed by atoms with E-state index in [0.29, 0.717) is 32.5 Å². The Balaban J connectivity index is 1.54. The van der Waals surface area contributed by atoms with Crippen LogP contribution in [-0.2, 0) is 9.53 Å². The summed E-state index contributed by atoms with van der Waals surface area (Å²) in [5.41, 5.74) is -0.325. The second-order valence-corrected chi connectivity index (χ2v) is 6.39. The number of carbonyl (C=O) groups excluding carboxylic acids is 4. The van der Waals surface area contributed by atoms with Crippen molar-refractivity contribution in [3.8, 4) is 0 Å². The first kappa shape index (κ1) is 18.8. The van der Waals surface area contributed by atoms with E-state index >= 15 is 0 Å². The third kappa shape index (κ3) is 3.76. The maximum Gasteiger partial charge on any atom is 0.409 e. The van der Waals surface area contributed by atoms with Crippen LogP contribution in [-0.4, -0.2) is 65.9 Å². The van der Waals surface area contributed by atoms with Crippen molar-refractivity contribution in [1.82, 2.24) is 15.1 Å². The van der Waals surface area contributed by atoms with E-state index in [1.54, 1.807) is 11.8 Å². The number of nitrogens with zero attached hydrogens (tertiary/aromatic N) is 2. The van der Waals surface area contributed by atoms with Crippen LogP contribution < -0.4 is 5.32 Å². The topological polar surface area (TPSA) is 96.0 Å². The minimum atomic E-state index is -0.805. The van der Waals surface area contributed by atoms with Gasteiger partial charge in [0.25, 0.3) is 11.8 Å². The molecule has 2 aliphatic rings. The molecule has 2 aliphatic heterocycles. The van der Waals surface area contributed by atoms with Gasteiger partial charge in [0.05, 0.1) is 17.7 Å². The number of fused-ring (bicyclic) bond motifs is 1. The lowest BCUT2D eigenvalue weighted by atomic mass is 10.1. The van der Waals surface area contributed by atoms with Gasteiger partial charge in [0.2, 0.25) is 5.91 Å². The van der Waals surface area contributed by atoms with Gasteiger partial charge in [-0.05, 0) is 31.9 Å². The van der Waals surface area contributed by atoms with Gasteiger partial charge < -0.3 is 15.0 Å². The predicted molar refractivity (Wildman–Crippen MR) is 91.5 cm³/mol. The molecule has 0 atom stereocenters. The van der Waals surface area contributed by atoms with E-state index in [9.17, 15) is 23.6 Å². The van der Waals surface area contributed by atoms with Crippen LogP contribution in [0.5, 0.6) is 0 Å². The Bertz CT molecular complexity index is 789. The Morgan fingerprint density at radius 2 is 1.93 bits per heavy atom. The number of amides is 4. The number of piperidine rings is 1. The van der Waals surface area contributed by atoms with Crippen LogP contribution in [0.4, 0.5) is 9.18 Å². The van der Waals surface area contributed by atoms with E-state index in [0.717, 1.165) is 11.0 Å². The van der Waals surface area contributed by atoms with Crippen molar-refractivity contribution in [2.75, 3.05) is 26.2 Å². The number of nitrogens with one attached hydrogen (secondary N) is 1. The first-order chi connectivity index (χ1) is 12.9. The summed E-state index contributed by atoms with van der Waals surface area (Å²) in [5, 5.41) is 2.76. The normalized spacial score (nSPS) is 17.1. The van der Waals surface area contributed by atoms with Crippen LogP contribution >= 0.6 is 0 Å².